The number of ether oxygens (including phenoxy) is 1. The van der Waals surface area contributed by atoms with E-state index in [-0.39, 0.29) is 17.1 Å². The van der Waals surface area contributed by atoms with E-state index in [1.54, 1.807) is 11.0 Å². The fraction of sp³-hybridized carbons (Fsp3) is 0.333. The zero-order valence-electron chi connectivity index (χ0n) is 17.3. The van der Waals surface area contributed by atoms with E-state index in [9.17, 15) is 9.59 Å². The van der Waals surface area contributed by atoms with Crippen LogP contribution in [-0.2, 0) is 4.74 Å². The molecule has 0 aliphatic carbocycles. The Bertz CT molecular complexity index is 1220. The summed E-state index contributed by atoms with van der Waals surface area (Å²) < 4.78 is 12.4. The first-order valence-electron chi connectivity index (χ1n) is 10.5. The summed E-state index contributed by atoms with van der Waals surface area (Å²) in [5.41, 5.74) is 2.62. The first-order chi connectivity index (χ1) is 15.0. The molecule has 1 amide bonds. The molecular weight excluding hydrogens is 460 g/mol. The van der Waals surface area contributed by atoms with Crippen molar-refractivity contribution in [2.75, 3.05) is 39.4 Å². The zero-order valence-corrected chi connectivity index (χ0v) is 18.9. The molecule has 2 aliphatic heterocycles. The van der Waals surface area contributed by atoms with Crippen molar-refractivity contribution in [2.45, 2.75) is 13.0 Å². The van der Waals surface area contributed by atoms with Gasteiger partial charge in [0, 0.05) is 30.7 Å². The minimum atomic E-state index is -0.470. The largest absolute Gasteiger partial charge is 0.450 e. The van der Waals surface area contributed by atoms with Crippen LogP contribution in [-0.4, -0.2) is 55.1 Å². The molecule has 1 aromatic heterocycles. The SMILES string of the molecule is Cc1ccc2oc3c(c(=O)c2c1)C(c1cccc(Br)c1)N(CCN1CCOCC1)C3=O. The molecule has 1 fully saturated rings. The predicted octanol–water partition coefficient (Wildman–Crippen LogP) is 3.74. The van der Waals surface area contributed by atoms with E-state index in [2.05, 4.69) is 20.8 Å². The van der Waals surface area contributed by atoms with Crippen molar-refractivity contribution in [3.8, 4) is 0 Å². The Morgan fingerprint density at radius 1 is 1.06 bits per heavy atom. The number of carbonyl (C=O) groups is 1. The van der Waals surface area contributed by atoms with Crippen LogP contribution < -0.4 is 5.43 Å². The molecule has 2 aliphatic rings. The number of amides is 1. The summed E-state index contributed by atoms with van der Waals surface area (Å²) in [6.07, 6.45) is 0. The van der Waals surface area contributed by atoms with Gasteiger partial charge >= 0.3 is 0 Å². The number of hydrogen-bond acceptors (Lipinski definition) is 5. The van der Waals surface area contributed by atoms with Gasteiger partial charge in [0.2, 0.25) is 5.76 Å². The molecule has 3 aromatic rings. The van der Waals surface area contributed by atoms with Gasteiger partial charge in [0.1, 0.15) is 5.58 Å². The maximum Gasteiger partial charge on any atom is 0.290 e. The maximum absolute atomic E-state index is 13.6. The van der Waals surface area contributed by atoms with Gasteiger partial charge in [-0.05, 0) is 36.8 Å². The van der Waals surface area contributed by atoms with Gasteiger partial charge in [-0.1, -0.05) is 39.7 Å². The molecule has 0 N–H and O–H groups in total. The molecule has 0 saturated carbocycles. The second kappa shape index (κ2) is 8.22. The lowest BCUT2D eigenvalue weighted by Gasteiger charge is -2.31. The number of aryl methyl sites for hydroxylation is 1. The van der Waals surface area contributed by atoms with Crippen molar-refractivity contribution >= 4 is 32.8 Å². The second-order valence-electron chi connectivity index (χ2n) is 8.08. The van der Waals surface area contributed by atoms with Crippen LogP contribution in [0.1, 0.15) is 33.3 Å². The summed E-state index contributed by atoms with van der Waals surface area (Å²) in [5.74, 6) is -0.0684. The van der Waals surface area contributed by atoms with Crippen LogP contribution in [0.5, 0.6) is 0 Å². The van der Waals surface area contributed by atoms with Crippen molar-refractivity contribution in [3.63, 3.8) is 0 Å². The maximum atomic E-state index is 13.6. The van der Waals surface area contributed by atoms with Crippen LogP contribution in [0.15, 0.2) is 56.1 Å². The van der Waals surface area contributed by atoms with Gasteiger partial charge in [-0.2, -0.15) is 0 Å². The monoisotopic (exact) mass is 482 g/mol. The molecule has 6 nitrogen and oxygen atoms in total. The van der Waals surface area contributed by atoms with Gasteiger partial charge in [-0.3, -0.25) is 14.5 Å². The van der Waals surface area contributed by atoms with Crippen LogP contribution in [0.25, 0.3) is 11.0 Å². The van der Waals surface area contributed by atoms with Crippen molar-refractivity contribution in [3.05, 3.63) is 79.6 Å². The van der Waals surface area contributed by atoms with Gasteiger partial charge in [-0.25, -0.2) is 0 Å². The summed E-state index contributed by atoms with van der Waals surface area (Å²) in [5, 5.41) is 0.515. The topological polar surface area (TPSA) is 63.0 Å². The van der Waals surface area contributed by atoms with Gasteiger partial charge in [0.15, 0.2) is 5.43 Å². The highest BCUT2D eigenvalue weighted by molar-refractivity contribution is 9.10. The van der Waals surface area contributed by atoms with Crippen LogP contribution in [0.3, 0.4) is 0 Å². The molecule has 7 heteroatoms. The molecule has 0 spiro atoms. The normalized spacial score (nSPS) is 19.2. The quantitative estimate of drug-likeness (QED) is 0.566. The summed E-state index contributed by atoms with van der Waals surface area (Å²) in [7, 11) is 0. The summed E-state index contributed by atoms with van der Waals surface area (Å²) in [6.45, 7) is 6.27. The zero-order chi connectivity index (χ0) is 21.5. The standard InChI is InChI=1S/C24H23BrN2O4/c1-15-5-6-19-18(13-15)22(28)20-21(16-3-2-4-17(25)14-16)27(24(29)23(20)31-19)8-7-26-9-11-30-12-10-26/h2-6,13-14,21H,7-12H2,1H3. The highest BCUT2D eigenvalue weighted by Gasteiger charge is 2.42. The number of fused-ring (bicyclic) bond motifs is 2. The third-order valence-corrected chi connectivity index (χ3v) is 6.54. The molecule has 160 valence electrons. The minimum absolute atomic E-state index is 0.132. The van der Waals surface area contributed by atoms with Gasteiger partial charge < -0.3 is 14.1 Å². The Balaban J connectivity index is 1.61. The van der Waals surface area contributed by atoms with E-state index < -0.39 is 6.04 Å². The van der Waals surface area contributed by atoms with Crippen molar-refractivity contribution in [1.29, 1.82) is 0 Å². The Hall–Kier alpha value is -2.48. The number of benzene rings is 2. The average molecular weight is 483 g/mol. The Morgan fingerprint density at radius 3 is 2.65 bits per heavy atom. The molecule has 3 heterocycles. The van der Waals surface area contributed by atoms with Gasteiger partial charge in [0.05, 0.1) is 30.2 Å². The van der Waals surface area contributed by atoms with Crippen LogP contribution in [0.4, 0.5) is 0 Å². The van der Waals surface area contributed by atoms with E-state index in [1.807, 2.05) is 43.3 Å². The molecule has 1 saturated heterocycles. The molecular formula is C24H23BrN2O4. The van der Waals surface area contributed by atoms with E-state index in [4.69, 9.17) is 9.15 Å². The lowest BCUT2D eigenvalue weighted by Crippen LogP contribution is -2.42. The Labute approximate surface area is 188 Å². The number of halogens is 1. The van der Waals surface area contributed by atoms with E-state index in [1.165, 1.54) is 0 Å². The highest BCUT2D eigenvalue weighted by Crippen LogP contribution is 2.38. The number of hydrogen-bond donors (Lipinski definition) is 0. The number of carbonyl (C=O) groups excluding carboxylic acids is 1. The number of nitrogens with zero attached hydrogens (tertiary/aromatic N) is 2. The molecule has 31 heavy (non-hydrogen) atoms. The molecule has 0 bridgehead atoms. The molecule has 2 aromatic carbocycles. The van der Waals surface area contributed by atoms with Crippen molar-refractivity contribution in [2.24, 2.45) is 0 Å². The minimum Gasteiger partial charge on any atom is -0.450 e. The average Bonchev–Trinajstić information content (AvgIpc) is 3.05. The molecule has 1 unspecified atom stereocenters. The van der Waals surface area contributed by atoms with Crippen LogP contribution in [0.2, 0.25) is 0 Å². The van der Waals surface area contributed by atoms with Gasteiger partial charge in [0.25, 0.3) is 5.91 Å². The smallest absolute Gasteiger partial charge is 0.290 e. The predicted molar refractivity (Wildman–Crippen MR) is 122 cm³/mol. The lowest BCUT2D eigenvalue weighted by atomic mass is 9.98. The molecule has 5 rings (SSSR count). The Kier molecular flexibility index (Phi) is 5.42. The summed E-state index contributed by atoms with van der Waals surface area (Å²) in [6, 6.07) is 12.8. The van der Waals surface area contributed by atoms with Crippen LogP contribution >= 0.6 is 15.9 Å². The number of morpholine rings is 1. The van der Waals surface area contributed by atoms with Gasteiger partial charge in [-0.15, -0.1) is 0 Å². The molecule has 0 radical (unpaired) electrons. The fourth-order valence-corrected chi connectivity index (χ4v) is 4.88. The van der Waals surface area contributed by atoms with Crippen molar-refractivity contribution in [1.82, 2.24) is 9.80 Å². The first-order valence-corrected chi connectivity index (χ1v) is 11.3. The fourth-order valence-electron chi connectivity index (χ4n) is 4.46. The first kappa shape index (κ1) is 20.4. The Morgan fingerprint density at radius 2 is 1.87 bits per heavy atom. The number of rotatable bonds is 4. The highest BCUT2D eigenvalue weighted by atomic mass is 79.9. The second-order valence-corrected chi connectivity index (χ2v) is 9.00. The third-order valence-electron chi connectivity index (χ3n) is 6.05. The molecule has 1 atom stereocenters. The van der Waals surface area contributed by atoms with E-state index in [0.717, 1.165) is 35.2 Å². The summed E-state index contributed by atoms with van der Waals surface area (Å²) >= 11 is 3.53. The third kappa shape index (κ3) is 3.71. The van der Waals surface area contributed by atoms with Crippen molar-refractivity contribution < 1.29 is 13.9 Å². The van der Waals surface area contributed by atoms with E-state index in [0.29, 0.717) is 36.3 Å². The van der Waals surface area contributed by atoms with E-state index >= 15 is 0 Å². The van der Waals surface area contributed by atoms with Crippen LogP contribution in [0, 0.1) is 6.92 Å². The summed E-state index contributed by atoms with van der Waals surface area (Å²) in [4.78, 5) is 31.1. The lowest BCUT2D eigenvalue weighted by molar-refractivity contribution is 0.0314.